The number of benzene rings is 5. The molecular weight excluding hydrogens is 1710 g/mol. The zero-order valence-corrected chi connectivity index (χ0v) is 75.4. The number of hydrogen-bond acceptors (Lipinski definition) is 13. The molecule has 14 atom stereocenters. The zero-order valence-electron chi connectivity index (χ0n) is 75.4. The van der Waals surface area contributed by atoms with Crippen LogP contribution in [0.5, 0.6) is 0 Å². The van der Waals surface area contributed by atoms with Crippen molar-refractivity contribution in [2.24, 2.45) is 75.2 Å². The van der Waals surface area contributed by atoms with Crippen molar-refractivity contribution in [3.63, 3.8) is 0 Å². The predicted molar refractivity (Wildman–Crippen MR) is 463 cm³/mol. The Hall–Kier alpha value is -11.9. The number of nitrogens with zero attached hydrogens (tertiary/aromatic N) is 10. The van der Waals surface area contributed by atoms with Crippen LogP contribution in [-0.2, 0) is 72.5 Å². The lowest BCUT2D eigenvalue weighted by atomic mass is 9.69. The van der Waals surface area contributed by atoms with Gasteiger partial charge in [0.25, 0.3) is 61.7 Å². The Morgan fingerprint density at radius 3 is 0.985 bits per heavy atom. The maximum absolute atomic E-state index is 13.3. The van der Waals surface area contributed by atoms with Crippen molar-refractivity contribution in [2.45, 2.75) is 216 Å². The first-order valence-electron chi connectivity index (χ1n) is 44.2. The maximum Gasteiger partial charge on any atom is 0.373 e. The normalized spacial score (nSPS) is 26.1. The molecule has 0 aliphatic heterocycles. The molecule has 5 saturated carbocycles. The summed E-state index contributed by atoms with van der Waals surface area (Å²) in [6.07, 6.45) is 1.97. The molecule has 10 aliphatic carbocycles. The van der Waals surface area contributed by atoms with Crippen molar-refractivity contribution in [3.05, 3.63) is 264 Å². The number of nitrogens with one attached hydrogen (secondary N) is 5. The molecule has 0 saturated heterocycles. The van der Waals surface area contributed by atoms with E-state index in [-0.39, 0.29) is 86.4 Å². The molecule has 5 aromatic carbocycles. The number of rotatable bonds is 16. The van der Waals surface area contributed by atoms with E-state index in [2.05, 4.69) is 151 Å². The van der Waals surface area contributed by atoms with Gasteiger partial charge >= 0.3 is 6.15 Å². The molecule has 5 amide bonds. The molecule has 10 aromatic rings. The Bertz CT molecular complexity index is 5930. The number of aliphatic hydroxyl groups excluding tert-OH is 1. The van der Waals surface area contributed by atoms with Gasteiger partial charge < -0.3 is 31.7 Å². The van der Waals surface area contributed by atoms with Gasteiger partial charge in [-0.05, 0) is 183 Å². The first-order chi connectivity index (χ1) is 61.9. The lowest BCUT2D eigenvalue weighted by molar-refractivity contribution is -0.191. The maximum atomic E-state index is 13.3. The van der Waals surface area contributed by atoms with Crippen LogP contribution in [0.2, 0.25) is 0 Å². The summed E-state index contributed by atoms with van der Waals surface area (Å²) in [6.45, 7) is 19.5. The Labute approximate surface area is 752 Å². The van der Waals surface area contributed by atoms with E-state index in [1.807, 2.05) is 84.9 Å². The SMILES string of the molecule is CC1C2CCC1(NC(=O)c1cn(C)nc1C(F)F)c1ccccc12.Cn1cc(C(=O)NC23CCC(c4ccccc42)C3(C)C)c(C(F)F)n1.Cn1cc(C(=O)NC23CCC(c4ccccc42)C3C(C)(C)C)c(C(F)F)n1.Cn1cc(C(=O)NC23CCC(c4ccccc42)C3C(C)(C)C)c(C(F)F)n1.Cn1cc(C(=O)NC23CCC(c4ccccc42)C3CO)c(C(F)F)n1.O=C=O. The van der Waals surface area contributed by atoms with E-state index >= 15 is 0 Å². The number of alkyl halides is 10. The number of hydrogen-bond donors (Lipinski definition) is 6. The van der Waals surface area contributed by atoms with E-state index in [9.17, 15) is 73.0 Å². The van der Waals surface area contributed by atoms with Crippen molar-refractivity contribution in [2.75, 3.05) is 6.61 Å². The molecule has 0 radical (unpaired) electrons. The van der Waals surface area contributed by atoms with Crippen LogP contribution < -0.4 is 26.6 Å². The van der Waals surface area contributed by atoms with Gasteiger partial charge in [-0.25, -0.2) is 43.9 Å². The minimum Gasteiger partial charge on any atom is -0.396 e. The number of aliphatic hydroxyl groups is 1. The van der Waals surface area contributed by atoms with Gasteiger partial charge in [0, 0.05) is 78.7 Å². The lowest BCUT2D eigenvalue weighted by Crippen LogP contribution is -2.51. The fraction of sp³-hybridized carbons (Fsp3) is 0.480. The third kappa shape index (κ3) is 15.8. The molecule has 20 rings (SSSR count). The fourth-order valence-corrected chi connectivity index (χ4v) is 25.4. The standard InChI is InChI=1S/2C21H25F2N3O.C19H21F2N3O.C18H19F2N3O2.C18H19F2N3O.CO2/c2*1-20(2,3)17-13-9-10-21(17,15-8-6-5-7-12(13)15)24-19(27)14-11-26(4)25-16(14)18(22)23;1-18(2)13-8-9-19(18,14-7-5-4-6-11(13)14)22-17(25)12-10-24(3)23-15(12)16(20)21;1-23-8-12(15(22-23)16(19)20)17(25)21-18-7-6-11(14(18)9-24)10-4-2-3-5-13(10)18;1-10-11-7-8-18(10,14-6-4-3-5-12(11)14)21-17(24)13-9-23(2)22-15(13)16(19)20;2-1-3/h2*5-8,11,13,17-18H,9-10H2,1-4H3,(H,24,27);4-7,10,13,16H,8-9H2,1-3H3,(H,22,25);2-5,8,11,14,16,24H,6-7,9H2,1H3,(H,21,25);3-6,9-11,16H,7-8H2,1-2H3,(H,21,24);. The number of carbonyl (C=O) groups excluding carboxylic acids is 7. The number of aromatic nitrogens is 10. The molecule has 694 valence electrons. The molecule has 5 fully saturated rings. The number of aryl methyl sites for hydroxylation is 5. The Balaban J connectivity index is 0.000000124. The summed E-state index contributed by atoms with van der Waals surface area (Å²) >= 11 is 0. The number of amides is 5. The van der Waals surface area contributed by atoms with Crippen LogP contribution in [0.1, 0.15) is 324 Å². The summed E-state index contributed by atoms with van der Waals surface area (Å²) in [6, 6.07) is 40.6. The lowest BCUT2D eigenvalue weighted by Gasteiger charge is -2.41. The smallest absolute Gasteiger partial charge is 0.373 e. The van der Waals surface area contributed by atoms with Gasteiger partial charge in [0.2, 0.25) is 0 Å². The first-order valence-corrected chi connectivity index (χ1v) is 44.2. The molecule has 33 heteroatoms. The molecule has 131 heavy (non-hydrogen) atoms. The Morgan fingerprint density at radius 2 is 0.641 bits per heavy atom. The fourth-order valence-electron chi connectivity index (χ4n) is 25.4. The highest BCUT2D eigenvalue weighted by Crippen LogP contribution is 2.69. The van der Waals surface area contributed by atoms with Gasteiger partial charge in [0.15, 0.2) is 0 Å². The summed E-state index contributed by atoms with van der Waals surface area (Å²) in [4.78, 5) is 81.0. The minimum atomic E-state index is -2.82. The van der Waals surface area contributed by atoms with E-state index in [1.165, 1.54) is 83.7 Å². The van der Waals surface area contributed by atoms with Gasteiger partial charge in [0.05, 0.1) is 55.5 Å². The molecule has 10 aliphatic rings. The Kier molecular flexibility index (Phi) is 25.1. The van der Waals surface area contributed by atoms with Crippen LogP contribution in [0.3, 0.4) is 0 Å². The summed E-state index contributed by atoms with van der Waals surface area (Å²) in [5, 5.41) is 44.3. The highest BCUT2D eigenvalue weighted by atomic mass is 19.3. The first kappa shape index (κ1) is 93.8. The van der Waals surface area contributed by atoms with Gasteiger partial charge in [-0.1, -0.05) is 184 Å². The molecule has 5 heterocycles. The summed E-state index contributed by atoms with van der Waals surface area (Å²) < 4.78 is 139. The van der Waals surface area contributed by atoms with Crippen LogP contribution in [0.4, 0.5) is 43.9 Å². The van der Waals surface area contributed by atoms with E-state index in [4.69, 9.17) is 9.59 Å². The molecule has 23 nitrogen and oxygen atoms in total. The van der Waals surface area contributed by atoms with E-state index < -0.39 is 118 Å². The van der Waals surface area contributed by atoms with Crippen molar-refractivity contribution < 1.29 is 82.6 Å². The number of carbonyl (C=O) groups is 5. The van der Waals surface area contributed by atoms with Gasteiger partial charge in [0.1, 0.15) is 28.5 Å². The minimum absolute atomic E-state index is 0.0338. The average molecular weight is 1820 g/mol. The van der Waals surface area contributed by atoms with Crippen molar-refractivity contribution in [1.29, 1.82) is 0 Å². The Morgan fingerprint density at radius 1 is 0.382 bits per heavy atom. The number of fused-ring (bicyclic) bond motifs is 25. The van der Waals surface area contributed by atoms with Crippen LogP contribution in [0, 0.1) is 39.9 Å². The highest BCUT2D eigenvalue weighted by Gasteiger charge is 2.66. The third-order valence-corrected chi connectivity index (χ3v) is 30.0. The molecule has 10 bridgehead atoms. The van der Waals surface area contributed by atoms with Gasteiger partial charge in [-0.2, -0.15) is 35.1 Å². The molecule has 14 unspecified atom stereocenters. The second-order valence-corrected chi connectivity index (χ2v) is 39.3. The second kappa shape index (κ2) is 35.0. The van der Waals surface area contributed by atoms with Crippen molar-refractivity contribution in [1.82, 2.24) is 75.5 Å². The molecule has 6 N–H and O–H groups in total. The number of halogens is 10. The molecular formula is C98H109F10N15O8. The molecule has 5 aromatic heterocycles. The van der Waals surface area contributed by atoms with Gasteiger partial charge in [-0.15, -0.1) is 0 Å². The van der Waals surface area contributed by atoms with Crippen LogP contribution in [0.25, 0.3) is 0 Å². The third-order valence-electron chi connectivity index (χ3n) is 30.0. The highest BCUT2D eigenvalue weighted by molar-refractivity contribution is 5.99. The van der Waals surface area contributed by atoms with Gasteiger partial charge in [-0.3, -0.25) is 47.4 Å². The van der Waals surface area contributed by atoms with Crippen molar-refractivity contribution in [3.8, 4) is 0 Å². The van der Waals surface area contributed by atoms with Crippen LogP contribution in [0.15, 0.2) is 152 Å². The second-order valence-electron chi connectivity index (χ2n) is 39.3. The average Bonchev–Trinajstić information content (AvgIpc) is 1.50. The van der Waals surface area contributed by atoms with E-state index in [0.29, 0.717) is 30.1 Å². The largest absolute Gasteiger partial charge is 0.396 e. The van der Waals surface area contributed by atoms with E-state index in [0.717, 1.165) is 91.2 Å². The topological polar surface area (TPSA) is 289 Å². The quantitative estimate of drug-likeness (QED) is 0.0491. The monoisotopic (exact) mass is 1810 g/mol. The summed E-state index contributed by atoms with van der Waals surface area (Å²) in [7, 11) is 7.69. The van der Waals surface area contributed by atoms with Crippen LogP contribution in [-0.4, -0.2) is 96.3 Å². The summed E-state index contributed by atoms with van der Waals surface area (Å²) in [5.41, 5.74) is 6.13. The van der Waals surface area contributed by atoms with E-state index in [1.54, 1.807) is 28.2 Å². The van der Waals surface area contributed by atoms with Crippen LogP contribution >= 0.6 is 0 Å². The summed E-state index contributed by atoms with van der Waals surface area (Å²) in [5.74, 6) is -0.162. The zero-order chi connectivity index (χ0) is 94.6. The molecule has 0 spiro atoms. The predicted octanol–water partition coefficient (Wildman–Crippen LogP) is 18.4. The van der Waals surface area contributed by atoms with Crippen molar-refractivity contribution >= 4 is 35.7 Å².